The van der Waals surface area contributed by atoms with E-state index in [1.165, 1.54) is 11.3 Å². The van der Waals surface area contributed by atoms with Crippen LogP contribution in [0.5, 0.6) is 0 Å². The van der Waals surface area contributed by atoms with Gasteiger partial charge in [-0.05, 0) is 24.5 Å². The van der Waals surface area contributed by atoms with Crippen LogP contribution >= 0.6 is 0 Å². The Morgan fingerprint density at radius 1 is 1.10 bits per heavy atom. The monoisotopic (exact) mass is 280 g/mol. The molecule has 1 atom stereocenters. The van der Waals surface area contributed by atoms with E-state index in [1.807, 2.05) is 0 Å². The molecule has 0 aliphatic rings. The van der Waals surface area contributed by atoms with Crippen LogP contribution in [0.1, 0.15) is 18.9 Å². The first-order valence-corrected chi connectivity index (χ1v) is 7.29. The molecule has 1 aromatic rings. The number of nitrogens with two attached hydrogens (primary N) is 1. The molecule has 0 aromatic heterocycles. The second-order valence-electron chi connectivity index (χ2n) is 4.97. The predicted octanol–water partition coefficient (Wildman–Crippen LogP) is 2.07. The molecule has 0 fully saturated rings. The summed E-state index contributed by atoms with van der Waals surface area (Å²) in [5, 5.41) is 0. The lowest BCUT2D eigenvalue weighted by Crippen LogP contribution is -2.32. The first-order valence-electron chi connectivity index (χ1n) is 7.29. The quantitative estimate of drug-likeness (QED) is 0.713. The maximum absolute atomic E-state index is 6.11. The van der Waals surface area contributed by atoms with Crippen LogP contribution in [-0.4, -0.2) is 46.6 Å². The van der Waals surface area contributed by atoms with Crippen LogP contribution in [0, 0.1) is 0 Å². The van der Waals surface area contributed by atoms with E-state index in [1.54, 1.807) is 14.2 Å². The van der Waals surface area contributed by atoms with Gasteiger partial charge in [0.05, 0.1) is 13.2 Å². The van der Waals surface area contributed by atoms with Crippen molar-refractivity contribution in [2.45, 2.75) is 25.8 Å². The molecule has 1 rings (SSSR count). The molecular weight excluding hydrogens is 252 g/mol. The van der Waals surface area contributed by atoms with Crippen molar-refractivity contribution in [3.63, 3.8) is 0 Å². The minimum absolute atomic E-state index is 0.211. The van der Waals surface area contributed by atoms with Crippen molar-refractivity contribution in [3.05, 3.63) is 29.8 Å². The SMILES string of the molecule is CCC(N)Cc1ccccc1N(CCOC)CCOC. The standard InChI is InChI=1S/C16H28N2O2/c1-4-15(17)13-14-7-5-6-8-16(14)18(9-11-19-2)10-12-20-3/h5-8,15H,4,9-13,17H2,1-3H3. The summed E-state index contributed by atoms with van der Waals surface area (Å²) in [6.45, 7) is 5.26. The smallest absolute Gasteiger partial charge is 0.0637 e. The maximum atomic E-state index is 6.11. The summed E-state index contributed by atoms with van der Waals surface area (Å²) in [5.74, 6) is 0. The van der Waals surface area contributed by atoms with Gasteiger partial charge in [0.2, 0.25) is 0 Å². The lowest BCUT2D eigenvalue weighted by molar-refractivity contribution is 0.190. The number of hydrogen-bond acceptors (Lipinski definition) is 4. The van der Waals surface area contributed by atoms with Crippen molar-refractivity contribution < 1.29 is 9.47 Å². The van der Waals surface area contributed by atoms with Crippen LogP contribution in [0.4, 0.5) is 5.69 Å². The average molecular weight is 280 g/mol. The van der Waals surface area contributed by atoms with Gasteiger partial charge in [0, 0.05) is 39.0 Å². The molecule has 1 unspecified atom stereocenters. The van der Waals surface area contributed by atoms with Gasteiger partial charge in [-0.2, -0.15) is 0 Å². The Morgan fingerprint density at radius 3 is 2.25 bits per heavy atom. The van der Waals surface area contributed by atoms with Gasteiger partial charge in [-0.3, -0.25) is 0 Å². The van der Waals surface area contributed by atoms with E-state index in [2.05, 4.69) is 36.1 Å². The third kappa shape index (κ3) is 5.49. The van der Waals surface area contributed by atoms with Crippen LogP contribution in [0.25, 0.3) is 0 Å². The summed E-state index contributed by atoms with van der Waals surface area (Å²) in [6, 6.07) is 8.68. The van der Waals surface area contributed by atoms with Gasteiger partial charge in [-0.1, -0.05) is 25.1 Å². The zero-order valence-corrected chi connectivity index (χ0v) is 13.0. The number of hydrogen-bond donors (Lipinski definition) is 1. The molecule has 0 aliphatic carbocycles. The van der Waals surface area contributed by atoms with E-state index >= 15 is 0 Å². The van der Waals surface area contributed by atoms with E-state index in [-0.39, 0.29) is 6.04 Å². The minimum atomic E-state index is 0.211. The second-order valence-corrected chi connectivity index (χ2v) is 4.97. The van der Waals surface area contributed by atoms with Gasteiger partial charge in [-0.15, -0.1) is 0 Å². The van der Waals surface area contributed by atoms with Crippen molar-refractivity contribution in [1.29, 1.82) is 0 Å². The number of para-hydroxylation sites is 1. The molecule has 20 heavy (non-hydrogen) atoms. The third-order valence-electron chi connectivity index (χ3n) is 3.47. The number of nitrogens with zero attached hydrogens (tertiary/aromatic N) is 1. The Labute approximate surface area is 122 Å². The minimum Gasteiger partial charge on any atom is -0.383 e. The number of methoxy groups -OCH3 is 2. The lowest BCUT2D eigenvalue weighted by atomic mass is 10.0. The first-order chi connectivity index (χ1) is 9.72. The van der Waals surface area contributed by atoms with E-state index in [4.69, 9.17) is 15.2 Å². The second kappa shape index (κ2) is 9.75. The highest BCUT2D eigenvalue weighted by atomic mass is 16.5. The molecule has 0 spiro atoms. The van der Waals surface area contributed by atoms with Gasteiger partial charge >= 0.3 is 0 Å². The number of benzene rings is 1. The fraction of sp³-hybridized carbons (Fsp3) is 0.625. The van der Waals surface area contributed by atoms with Crippen LogP contribution in [0.3, 0.4) is 0 Å². The molecule has 0 bridgehead atoms. The Balaban J connectivity index is 2.86. The normalized spacial score (nSPS) is 12.4. The first kappa shape index (κ1) is 17.0. The Kier molecular flexibility index (Phi) is 8.26. The highest BCUT2D eigenvalue weighted by Crippen LogP contribution is 2.22. The Morgan fingerprint density at radius 2 is 1.70 bits per heavy atom. The molecule has 0 heterocycles. The molecule has 1 aromatic carbocycles. The van der Waals surface area contributed by atoms with Gasteiger partial charge < -0.3 is 20.1 Å². The average Bonchev–Trinajstić information content (AvgIpc) is 2.48. The summed E-state index contributed by atoms with van der Waals surface area (Å²) in [4.78, 5) is 2.31. The van der Waals surface area contributed by atoms with Crippen molar-refractivity contribution in [3.8, 4) is 0 Å². The zero-order chi connectivity index (χ0) is 14.8. The molecule has 4 nitrogen and oxygen atoms in total. The fourth-order valence-corrected chi connectivity index (χ4v) is 2.17. The molecule has 0 amide bonds. The molecule has 0 aliphatic heterocycles. The summed E-state index contributed by atoms with van der Waals surface area (Å²) in [5.41, 5.74) is 8.65. The van der Waals surface area contributed by atoms with Crippen molar-refractivity contribution >= 4 is 5.69 Å². The largest absolute Gasteiger partial charge is 0.383 e. The maximum Gasteiger partial charge on any atom is 0.0637 e. The number of ether oxygens (including phenoxy) is 2. The number of rotatable bonds is 10. The van der Waals surface area contributed by atoms with Crippen molar-refractivity contribution in [2.24, 2.45) is 5.73 Å². The topological polar surface area (TPSA) is 47.7 Å². The summed E-state index contributed by atoms with van der Waals surface area (Å²) in [6.07, 6.45) is 1.90. The predicted molar refractivity (Wildman–Crippen MR) is 84.4 cm³/mol. The molecule has 114 valence electrons. The summed E-state index contributed by atoms with van der Waals surface area (Å²) in [7, 11) is 3.46. The zero-order valence-electron chi connectivity index (χ0n) is 13.0. The highest BCUT2D eigenvalue weighted by Gasteiger charge is 2.12. The molecule has 0 saturated carbocycles. The van der Waals surface area contributed by atoms with Crippen molar-refractivity contribution in [2.75, 3.05) is 45.4 Å². The molecular formula is C16H28N2O2. The van der Waals surface area contributed by atoms with E-state index < -0.39 is 0 Å². The van der Waals surface area contributed by atoms with E-state index in [0.29, 0.717) is 13.2 Å². The highest BCUT2D eigenvalue weighted by molar-refractivity contribution is 5.54. The third-order valence-corrected chi connectivity index (χ3v) is 3.47. The fourth-order valence-electron chi connectivity index (χ4n) is 2.17. The van der Waals surface area contributed by atoms with Gasteiger partial charge in [0.1, 0.15) is 0 Å². The molecule has 0 saturated heterocycles. The van der Waals surface area contributed by atoms with Gasteiger partial charge in [0.25, 0.3) is 0 Å². The molecule has 2 N–H and O–H groups in total. The Hall–Kier alpha value is -1.10. The molecule has 4 heteroatoms. The van der Waals surface area contributed by atoms with Crippen LogP contribution in [0.15, 0.2) is 24.3 Å². The summed E-state index contributed by atoms with van der Waals surface area (Å²) < 4.78 is 10.4. The van der Waals surface area contributed by atoms with Crippen molar-refractivity contribution in [1.82, 2.24) is 0 Å². The van der Waals surface area contributed by atoms with Crippen LogP contribution < -0.4 is 10.6 Å². The van der Waals surface area contributed by atoms with Crippen LogP contribution in [0.2, 0.25) is 0 Å². The summed E-state index contributed by atoms with van der Waals surface area (Å²) >= 11 is 0. The van der Waals surface area contributed by atoms with Gasteiger partial charge in [0.15, 0.2) is 0 Å². The number of anilines is 1. The van der Waals surface area contributed by atoms with E-state index in [9.17, 15) is 0 Å². The van der Waals surface area contributed by atoms with Crippen LogP contribution in [-0.2, 0) is 15.9 Å². The van der Waals surface area contributed by atoms with E-state index in [0.717, 1.165) is 25.9 Å². The molecule has 0 radical (unpaired) electrons. The van der Waals surface area contributed by atoms with Gasteiger partial charge in [-0.25, -0.2) is 0 Å². The Bertz CT molecular complexity index is 363. The lowest BCUT2D eigenvalue weighted by Gasteiger charge is -2.27.